The lowest BCUT2D eigenvalue weighted by Crippen LogP contribution is -2.42. The number of ether oxygens (including phenoxy) is 2. The fourth-order valence-corrected chi connectivity index (χ4v) is 5.70. The third-order valence-electron chi connectivity index (χ3n) is 6.95. The number of nitrogens with zero attached hydrogens (tertiary/aromatic N) is 2. The van der Waals surface area contributed by atoms with E-state index in [2.05, 4.69) is 10.3 Å². The van der Waals surface area contributed by atoms with E-state index in [1.54, 1.807) is 11.4 Å². The minimum atomic E-state index is -0.396. The van der Waals surface area contributed by atoms with Crippen LogP contribution in [-0.4, -0.2) is 47.5 Å². The number of aromatic nitrogens is 1. The first-order valence-corrected chi connectivity index (χ1v) is 13.9. The maximum atomic E-state index is 14.2. The first kappa shape index (κ1) is 26.3. The second kappa shape index (κ2) is 11.6. The average Bonchev–Trinajstić information content (AvgIpc) is 3.62. The Balaban J connectivity index is 1.31. The van der Waals surface area contributed by atoms with Gasteiger partial charge in [-0.1, -0.05) is 32.0 Å². The van der Waals surface area contributed by atoms with Crippen LogP contribution < -0.4 is 10.1 Å². The van der Waals surface area contributed by atoms with Gasteiger partial charge in [-0.2, -0.15) is 0 Å². The van der Waals surface area contributed by atoms with E-state index >= 15 is 0 Å². The SMILES string of the molecule is CC(C)C(=O)N1CCc2ccc(OCc3nc(C(=O)NCC4CCCO4)cs3)cc2C1c1cccc(F)c1. The highest BCUT2D eigenvalue weighted by Crippen LogP contribution is 2.38. The Bertz CT molecular complexity index is 1300. The number of benzene rings is 2. The number of fused-ring (bicyclic) bond motifs is 1. The molecule has 38 heavy (non-hydrogen) atoms. The van der Waals surface area contributed by atoms with Crippen LogP contribution >= 0.6 is 11.3 Å². The summed E-state index contributed by atoms with van der Waals surface area (Å²) in [6.07, 6.45) is 2.78. The molecule has 0 spiro atoms. The van der Waals surface area contributed by atoms with Crippen LogP contribution in [0.4, 0.5) is 4.39 Å². The summed E-state index contributed by atoms with van der Waals surface area (Å²) in [7, 11) is 0. The summed E-state index contributed by atoms with van der Waals surface area (Å²) in [5, 5.41) is 5.30. The largest absolute Gasteiger partial charge is 0.486 e. The van der Waals surface area contributed by atoms with Crippen molar-refractivity contribution in [3.05, 3.63) is 81.1 Å². The van der Waals surface area contributed by atoms with Crippen molar-refractivity contribution >= 4 is 23.2 Å². The van der Waals surface area contributed by atoms with Gasteiger partial charge in [0.05, 0.1) is 12.1 Å². The van der Waals surface area contributed by atoms with Gasteiger partial charge in [-0.05, 0) is 60.2 Å². The molecule has 1 N–H and O–H groups in total. The molecule has 1 aromatic heterocycles. The highest BCUT2D eigenvalue weighted by atomic mass is 32.1. The molecule has 5 rings (SSSR count). The van der Waals surface area contributed by atoms with Gasteiger partial charge in [-0.25, -0.2) is 9.37 Å². The summed E-state index contributed by atoms with van der Waals surface area (Å²) in [5.74, 6) is -0.0649. The molecule has 9 heteroatoms. The Hall–Kier alpha value is -3.30. The zero-order chi connectivity index (χ0) is 26.6. The highest BCUT2D eigenvalue weighted by molar-refractivity contribution is 7.09. The third kappa shape index (κ3) is 5.89. The summed E-state index contributed by atoms with van der Waals surface area (Å²) in [6, 6.07) is 11.9. The Morgan fingerprint density at radius 3 is 2.89 bits per heavy atom. The summed E-state index contributed by atoms with van der Waals surface area (Å²) >= 11 is 1.37. The lowest BCUT2D eigenvalue weighted by atomic mass is 9.87. The topological polar surface area (TPSA) is 80.8 Å². The summed E-state index contributed by atoms with van der Waals surface area (Å²) in [6.45, 7) is 5.77. The first-order valence-electron chi connectivity index (χ1n) is 13.0. The molecule has 2 unspecified atom stereocenters. The number of rotatable bonds is 8. The third-order valence-corrected chi connectivity index (χ3v) is 7.77. The number of amides is 2. The zero-order valence-corrected chi connectivity index (χ0v) is 22.4. The molecule has 0 bridgehead atoms. The van der Waals surface area contributed by atoms with Crippen LogP contribution in [0, 0.1) is 11.7 Å². The van der Waals surface area contributed by atoms with Gasteiger partial charge in [0.1, 0.15) is 28.9 Å². The monoisotopic (exact) mass is 537 g/mol. The van der Waals surface area contributed by atoms with E-state index in [0.717, 1.165) is 42.6 Å². The molecule has 1 fully saturated rings. The van der Waals surface area contributed by atoms with Crippen molar-refractivity contribution in [3.63, 3.8) is 0 Å². The van der Waals surface area contributed by atoms with Crippen LogP contribution in [0.25, 0.3) is 0 Å². The van der Waals surface area contributed by atoms with Crippen molar-refractivity contribution in [1.82, 2.24) is 15.2 Å². The lowest BCUT2D eigenvalue weighted by Gasteiger charge is -2.39. The van der Waals surface area contributed by atoms with Crippen LogP contribution in [-0.2, 0) is 22.6 Å². The molecule has 0 radical (unpaired) electrons. The van der Waals surface area contributed by atoms with Crippen molar-refractivity contribution in [1.29, 1.82) is 0 Å². The first-order chi connectivity index (χ1) is 18.4. The molecule has 2 aliphatic rings. The normalized spacial score (nSPS) is 18.9. The average molecular weight is 538 g/mol. The molecule has 2 amide bonds. The molecule has 7 nitrogen and oxygen atoms in total. The van der Waals surface area contributed by atoms with E-state index in [4.69, 9.17) is 9.47 Å². The molecule has 0 saturated carbocycles. The van der Waals surface area contributed by atoms with Gasteiger partial charge in [0.2, 0.25) is 5.91 Å². The van der Waals surface area contributed by atoms with Gasteiger partial charge in [-0.15, -0.1) is 11.3 Å². The van der Waals surface area contributed by atoms with Gasteiger partial charge in [0.25, 0.3) is 5.91 Å². The smallest absolute Gasteiger partial charge is 0.270 e. The highest BCUT2D eigenvalue weighted by Gasteiger charge is 2.33. The molecule has 3 aromatic rings. The van der Waals surface area contributed by atoms with Gasteiger partial charge in [0, 0.05) is 31.0 Å². The van der Waals surface area contributed by atoms with E-state index in [-0.39, 0.29) is 36.3 Å². The number of thiazole rings is 1. The molecular formula is C29H32FN3O4S. The quantitative estimate of drug-likeness (QED) is 0.442. The van der Waals surface area contributed by atoms with Gasteiger partial charge >= 0.3 is 0 Å². The van der Waals surface area contributed by atoms with E-state index in [9.17, 15) is 14.0 Å². The van der Waals surface area contributed by atoms with Crippen LogP contribution in [0.15, 0.2) is 47.8 Å². The number of nitrogens with one attached hydrogen (secondary N) is 1. The van der Waals surface area contributed by atoms with Crippen molar-refractivity contribution in [2.75, 3.05) is 19.7 Å². The Labute approximate surface area is 226 Å². The molecule has 3 heterocycles. The number of hydrogen-bond donors (Lipinski definition) is 1. The fraction of sp³-hybridized carbons (Fsp3) is 0.414. The van der Waals surface area contributed by atoms with Crippen LogP contribution in [0.3, 0.4) is 0 Å². The molecule has 200 valence electrons. The minimum absolute atomic E-state index is 0.0318. The molecular weight excluding hydrogens is 505 g/mol. The summed E-state index contributed by atoms with van der Waals surface area (Å²) < 4.78 is 25.8. The van der Waals surface area contributed by atoms with Gasteiger partial charge in [-0.3, -0.25) is 9.59 Å². The van der Waals surface area contributed by atoms with Crippen LogP contribution in [0.1, 0.15) is 64.9 Å². The maximum Gasteiger partial charge on any atom is 0.270 e. The molecule has 2 aromatic carbocycles. The van der Waals surface area contributed by atoms with E-state index < -0.39 is 6.04 Å². The Morgan fingerprint density at radius 1 is 1.26 bits per heavy atom. The van der Waals surface area contributed by atoms with E-state index in [1.807, 2.05) is 43.0 Å². The number of carbonyl (C=O) groups is 2. The minimum Gasteiger partial charge on any atom is -0.486 e. The predicted molar refractivity (Wildman–Crippen MR) is 143 cm³/mol. The summed E-state index contributed by atoms with van der Waals surface area (Å²) in [4.78, 5) is 31.8. The summed E-state index contributed by atoms with van der Waals surface area (Å²) in [5.41, 5.74) is 3.14. The van der Waals surface area contributed by atoms with Crippen LogP contribution in [0.5, 0.6) is 5.75 Å². The van der Waals surface area contributed by atoms with Crippen LogP contribution in [0.2, 0.25) is 0 Å². The van der Waals surface area contributed by atoms with Gasteiger partial charge in [0.15, 0.2) is 0 Å². The van der Waals surface area contributed by atoms with Crippen molar-refractivity contribution < 1.29 is 23.5 Å². The van der Waals surface area contributed by atoms with E-state index in [0.29, 0.717) is 29.5 Å². The second-order valence-electron chi connectivity index (χ2n) is 10.0. The van der Waals surface area contributed by atoms with Crippen molar-refractivity contribution in [3.8, 4) is 5.75 Å². The number of halogens is 1. The van der Waals surface area contributed by atoms with Crippen molar-refractivity contribution in [2.45, 2.75) is 51.9 Å². The molecule has 2 aliphatic heterocycles. The Morgan fingerprint density at radius 2 is 2.13 bits per heavy atom. The lowest BCUT2D eigenvalue weighted by molar-refractivity contribution is -0.136. The molecule has 2 atom stereocenters. The maximum absolute atomic E-state index is 14.2. The molecule has 1 saturated heterocycles. The predicted octanol–water partition coefficient (Wildman–Crippen LogP) is 4.90. The molecule has 0 aliphatic carbocycles. The van der Waals surface area contributed by atoms with E-state index in [1.165, 1.54) is 23.5 Å². The second-order valence-corrected chi connectivity index (χ2v) is 11.0. The van der Waals surface area contributed by atoms with Crippen molar-refractivity contribution in [2.24, 2.45) is 5.92 Å². The Kier molecular flexibility index (Phi) is 8.04. The van der Waals surface area contributed by atoms with Gasteiger partial charge < -0.3 is 19.7 Å². The fourth-order valence-electron chi connectivity index (χ4n) is 5.02. The standard InChI is InChI=1S/C29H32FN3O4S/c1-18(2)29(35)33-11-10-19-8-9-22(14-24(19)27(33)20-5-3-6-21(30)13-20)37-16-26-32-25(17-38-26)28(34)31-15-23-7-4-12-36-23/h3,5-6,8-9,13-14,17-18,23,27H,4,7,10-12,15-16H2,1-2H3,(H,31,34). The zero-order valence-electron chi connectivity index (χ0n) is 21.6. The number of hydrogen-bond acceptors (Lipinski definition) is 6. The number of carbonyl (C=O) groups excluding carboxylic acids is 2.